The summed E-state index contributed by atoms with van der Waals surface area (Å²) in [6, 6.07) is 0. The summed E-state index contributed by atoms with van der Waals surface area (Å²) in [6.45, 7) is 3.07. The summed E-state index contributed by atoms with van der Waals surface area (Å²) in [6.07, 6.45) is 0. The van der Waals surface area contributed by atoms with E-state index in [0.717, 1.165) is 6.54 Å². The molecule has 1 heterocycles. The van der Waals surface area contributed by atoms with Gasteiger partial charge < -0.3 is 0 Å². The first-order valence-electron chi connectivity index (χ1n) is 1.87. The van der Waals surface area contributed by atoms with Gasteiger partial charge in [-0.1, -0.05) is 0 Å². The molecule has 2 heteroatoms. The fraction of sp³-hybridized carbons (Fsp3) is 0.500. The first-order chi connectivity index (χ1) is 2.89. The van der Waals surface area contributed by atoms with Gasteiger partial charge in [0.1, 0.15) is 0 Å². The molecule has 0 atom stereocenters. The molecule has 0 bridgehead atoms. The van der Waals surface area contributed by atoms with Gasteiger partial charge in [0.05, 0.1) is 0 Å². The largest absolute Gasteiger partial charge is 0.256 e. The maximum Gasteiger partial charge on any atom is 0.0379 e. The van der Waals surface area contributed by atoms with Crippen molar-refractivity contribution in [2.45, 2.75) is 6.92 Å². The van der Waals surface area contributed by atoms with E-state index in [1.54, 1.807) is 11.9 Å². The first kappa shape index (κ1) is 4.22. The molecule has 0 amide bonds. The molecule has 0 unspecified atom stereocenters. The lowest BCUT2D eigenvalue weighted by atomic mass is 10.4. The molecule has 1 N–H and O–H groups in total. The summed E-state index contributed by atoms with van der Waals surface area (Å²) >= 11 is 1.55. The molecule has 1 aliphatic rings. The van der Waals surface area contributed by atoms with Crippen LogP contribution in [0.15, 0.2) is 5.57 Å². The van der Waals surface area contributed by atoms with E-state index in [1.807, 2.05) is 0 Å². The Labute approximate surface area is 41.9 Å². The van der Waals surface area contributed by atoms with Crippen molar-refractivity contribution in [1.29, 1.82) is 0 Å². The zero-order valence-electron chi connectivity index (χ0n) is 3.62. The van der Waals surface area contributed by atoms with Gasteiger partial charge in [-0.15, -0.1) is 0 Å². The van der Waals surface area contributed by atoms with Crippen molar-refractivity contribution in [2.24, 2.45) is 0 Å². The van der Waals surface area contributed by atoms with Crippen molar-refractivity contribution in [3.05, 3.63) is 11.0 Å². The SMILES string of the molecule is CC1=[C]SNC1. The van der Waals surface area contributed by atoms with Crippen molar-refractivity contribution >= 4 is 11.9 Å². The third kappa shape index (κ3) is 0.758. The predicted octanol–water partition coefficient (Wildman–Crippen LogP) is 0.945. The molecule has 33 valence electrons. The summed E-state index contributed by atoms with van der Waals surface area (Å²) in [4.78, 5) is 0. The zero-order valence-corrected chi connectivity index (χ0v) is 4.43. The molecular formula is C4H6NS. The van der Waals surface area contributed by atoms with Crippen LogP contribution in [0.1, 0.15) is 6.92 Å². The molecule has 6 heavy (non-hydrogen) atoms. The highest BCUT2D eigenvalue weighted by atomic mass is 32.2. The molecule has 1 nitrogen and oxygen atoms in total. The van der Waals surface area contributed by atoms with E-state index in [0.29, 0.717) is 0 Å². The molecule has 1 aliphatic heterocycles. The predicted molar refractivity (Wildman–Crippen MR) is 28.0 cm³/mol. The standard InChI is InChI=1S/C4H6NS/c1-4-2-5-6-3-4/h5H,2H2,1H3. The minimum Gasteiger partial charge on any atom is -0.256 e. The van der Waals surface area contributed by atoms with Gasteiger partial charge in [0.25, 0.3) is 0 Å². The van der Waals surface area contributed by atoms with Gasteiger partial charge in [-0.3, -0.25) is 4.72 Å². The van der Waals surface area contributed by atoms with Crippen LogP contribution in [0.2, 0.25) is 0 Å². The number of hydrogen-bond donors (Lipinski definition) is 1. The van der Waals surface area contributed by atoms with Crippen LogP contribution < -0.4 is 4.72 Å². The van der Waals surface area contributed by atoms with Crippen molar-refractivity contribution in [3.63, 3.8) is 0 Å². The lowest BCUT2D eigenvalue weighted by Crippen LogP contribution is -1.96. The fourth-order valence-corrected chi connectivity index (χ4v) is 0.911. The van der Waals surface area contributed by atoms with E-state index in [2.05, 4.69) is 17.1 Å². The Morgan fingerprint density at radius 1 is 2.00 bits per heavy atom. The first-order valence-corrected chi connectivity index (χ1v) is 2.68. The zero-order chi connectivity index (χ0) is 4.41. The summed E-state index contributed by atoms with van der Waals surface area (Å²) in [5, 5.41) is 3.04. The highest BCUT2D eigenvalue weighted by Crippen LogP contribution is 2.07. The number of nitrogens with one attached hydrogen (secondary N) is 1. The van der Waals surface area contributed by atoms with Gasteiger partial charge in [0, 0.05) is 12.0 Å². The average molecular weight is 100 g/mol. The average Bonchev–Trinajstić information content (AvgIpc) is 1.86. The summed E-state index contributed by atoms with van der Waals surface area (Å²) < 4.78 is 3.04. The second-order valence-corrected chi connectivity index (χ2v) is 2.00. The summed E-state index contributed by atoms with van der Waals surface area (Å²) in [5.41, 5.74) is 1.31. The minimum atomic E-state index is 1.00. The Morgan fingerprint density at radius 3 is 3.00 bits per heavy atom. The summed E-state index contributed by atoms with van der Waals surface area (Å²) in [5.74, 6) is 0. The molecule has 0 saturated carbocycles. The van der Waals surface area contributed by atoms with E-state index in [-0.39, 0.29) is 0 Å². The van der Waals surface area contributed by atoms with E-state index >= 15 is 0 Å². The van der Waals surface area contributed by atoms with Crippen molar-refractivity contribution in [3.8, 4) is 0 Å². The van der Waals surface area contributed by atoms with E-state index in [1.165, 1.54) is 5.57 Å². The second kappa shape index (κ2) is 1.67. The van der Waals surface area contributed by atoms with Gasteiger partial charge in [0.2, 0.25) is 0 Å². The Bertz CT molecular complexity index is 77.6. The Balaban J connectivity index is 2.45. The molecule has 0 aromatic heterocycles. The fourth-order valence-electron chi connectivity index (χ4n) is 0.304. The lowest BCUT2D eigenvalue weighted by molar-refractivity contribution is 1.08. The Morgan fingerprint density at radius 2 is 2.83 bits per heavy atom. The smallest absolute Gasteiger partial charge is 0.0379 e. The monoisotopic (exact) mass is 100 g/mol. The van der Waals surface area contributed by atoms with E-state index in [9.17, 15) is 0 Å². The van der Waals surface area contributed by atoms with Crippen LogP contribution in [0.25, 0.3) is 0 Å². The van der Waals surface area contributed by atoms with Gasteiger partial charge in [-0.25, -0.2) is 0 Å². The topological polar surface area (TPSA) is 12.0 Å². The highest BCUT2D eigenvalue weighted by molar-refractivity contribution is 7.99. The maximum atomic E-state index is 3.04. The van der Waals surface area contributed by atoms with Gasteiger partial charge in [-0.2, -0.15) is 0 Å². The quantitative estimate of drug-likeness (QED) is 0.455. The highest BCUT2D eigenvalue weighted by Gasteiger charge is 1.95. The van der Waals surface area contributed by atoms with Crippen LogP contribution >= 0.6 is 11.9 Å². The van der Waals surface area contributed by atoms with Crippen LogP contribution in [-0.4, -0.2) is 6.54 Å². The molecular weight excluding hydrogens is 94.1 g/mol. The minimum absolute atomic E-state index is 1.00. The summed E-state index contributed by atoms with van der Waals surface area (Å²) in [7, 11) is 0. The van der Waals surface area contributed by atoms with Crippen LogP contribution in [0.4, 0.5) is 0 Å². The van der Waals surface area contributed by atoms with E-state index < -0.39 is 0 Å². The molecule has 0 spiro atoms. The third-order valence-corrected chi connectivity index (χ3v) is 1.37. The maximum absolute atomic E-state index is 3.04. The number of rotatable bonds is 0. The normalized spacial score (nSPS) is 21.2. The molecule has 0 aromatic rings. The van der Waals surface area contributed by atoms with Crippen LogP contribution in [0, 0.1) is 5.41 Å². The van der Waals surface area contributed by atoms with Gasteiger partial charge in [0.15, 0.2) is 0 Å². The molecule has 0 aromatic carbocycles. The van der Waals surface area contributed by atoms with Crippen molar-refractivity contribution in [1.82, 2.24) is 4.72 Å². The van der Waals surface area contributed by atoms with Gasteiger partial charge in [-0.05, 0) is 24.4 Å². The van der Waals surface area contributed by atoms with Gasteiger partial charge >= 0.3 is 0 Å². The molecule has 0 saturated heterocycles. The van der Waals surface area contributed by atoms with Crippen molar-refractivity contribution in [2.75, 3.05) is 6.54 Å². The molecule has 0 aliphatic carbocycles. The van der Waals surface area contributed by atoms with Crippen molar-refractivity contribution < 1.29 is 0 Å². The molecule has 0 fully saturated rings. The van der Waals surface area contributed by atoms with E-state index in [4.69, 9.17) is 0 Å². The molecule has 1 rings (SSSR count). The number of hydrogen-bond acceptors (Lipinski definition) is 2. The van der Waals surface area contributed by atoms with Crippen LogP contribution in [0.3, 0.4) is 0 Å². The van der Waals surface area contributed by atoms with Crippen LogP contribution in [0.5, 0.6) is 0 Å². The third-order valence-electron chi connectivity index (χ3n) is 0.635. The molecule has 1 radical (unpaired) electrons. The Hall–Kier alpha value is 0.0500. The lowest BCUT2D eigenvalue weighted by Gasteiger charge is -1.81. The Kier molecular flexibility index (Phi) is 1.17. The van der Waals surface area contributed by atoms with Crippen LogP contribution in [-0.2, 0) is 0 Å². The second-order valence-electron chi connectivity index (χ2n) is 1.31.